The number of piperidine rings is 2. The molecule has 1 N–H and O–H groups in total. The lowest BCUT2D eigenvalue weighted by Crippen LogP contribution is -2.59. The maximum atomic E-state index is 14.1. The number of ether oxygens (including phenoxy) is 2. The normalized spacial score (nSPS) is 28.6. The third-order valence-electron chi connectivity index (χ3n) is 5.28. The molecule has 2 bridgehead atoms. The molecule has 1 aromatic rings. The van der Waals surface area contributed by atoms with Crippen molar-refractivity contribution in [1.29, 1.82) is 0 Å². The van der Waals surface area contributed by atoms with Gasteiger partial charge in [-0.2, -0.15) is 0 Å². The van der Waals surface area contributed by atoms with Crippen LogP contribution in [0.3, 0.4) is 0 Å². The number of nitrogens with zero attached hydrogens (tertiary/aromatic N) is 1. The van der Waals surface area contributed by atoms with Gasteiger partial charge in [-0.05, 0) is 46.1 Å². The summed E-state index contributed by atoms with van der Waals surface area (Å²) in [5.74, 6) is -0.406. The summed E-state index contributed by atoms with van der Waals surface area (Å²) >= 11 is 0. The zero-order chi connectivity index (χ0) is 19.1. The van der Waals surface area contributed by atoms with Crippen LogP contribution in [-0.2, 0) is 10.3 Å². The van der Waals surface area contributed by atoms with E-state index in [0.29, 0.717) is 18.4 Å². The molecule has 0 saturated carbocycles. The molecule has 0 spiro atoms. The number of hydrogen-bond donors (Lipinski definition) is 1. The Hall–Kier alpha value is -1.82. The molecule has 2 aliphatic heterocycles. The van der Waals surface area contributed by atoms with Crippen molar-refractivity contribution in [3.8, 4) is 5.75 Å². The minimum absolute atomic E-state index is 0.0822. The van der Waals surface area contributed by atoms with Gasteiger partial charge in [0.1, 0.15) is 5.60 Å². The third-order valence-corrected chi connectivity index (χ3v) is 5.28. The minimum Gasteiger partial charge on any atom is -0.493 e. The summed E-state index contributed by atoms with van der Waals surface area (Å²) in [4.78, 5) is 14.5. The summed E-state index contributed by atoms with van der Waals surface area (Å²) in [6.45, 7) is 5.54. The van der Waals surface area contributed by atoms with Crippen LogP contribution in [0.4, 0.5) is 9.18 Å². The number of carbonyl (C=O) groups is 1. The van der Waals surface area contributed by atoms with Crippen LogP contribution < -0.4 is 4.74 Å². The lowest BCUT2D eigenvalue weighted by atomic mass is 9.72. The monoisotopic (exact) mass is 365 g/mol. The molecule has 2 fully saturated rings. The van der Waals surface area contributed by atoms with E-state index >= 15 is 0 Å². The molecular weight excluding hydrogens is 337 g/mol. The van der Waals surface area contributed by atoms with Gasteiger partial charge in [-0.25, -0.2) is 9.18 Å². The number of aliphatic hydroxyl groups is 1. The summed E-state index contributed by atoms with van der Waals surface area (Å²) in [5, 5.41) is 11.4. The molecule has 2 heterocycles. The number of halogens is 1. The van der Waals surface area contributed by atoms with Gasteiger partial charge in [-0.1, -0.05) is 12.1 Å². The maximum absolute atomic E-state index is 14.1. The van der Waals surface area contributed by atoms with Gasteiger partial charge in [0.2, 0.25) is 0 Å². The third kappa shape index (κ3) is 3.52. The van der Waals surface area contributed by atoms with Crippen molar-refractivity contribution in [2.45, 2.75) is 76.2 Å². The highest BCUT2D eigenvalue weighted by molar-refractivity contribution is 5.69. The summed E-state index contributed by atoms with van der Waals surface area (Å²) in [5.41, 5.74) is -1.33. The number of hydrogen-bond acceptors (Lipinski definition) is 4. The van der Waals surface area contributed by atoms with Crippen LogP contribution in [0, 0.1) is 5.82 Å². The second-order valence-corrected chi connectivity index (χ2v) is 8.39. The van der Waals surface area contributed by atoms with Crippen molar-refractivity contribution in [3.05, 3.63) is 29.6 Å². The van der Waals surface area contributed by atoms with Crippen LogP contribution in [0.5, 0.6) is 5.75 Å². The first-order valence-corrected chi connectivity index (χ1v) is 9.21. The molecule has 1 aromatic carbocycles. The Kier molecular flexibility index (Phi) is 4.90. The average molecular weight is 365 g/mol. The Morgan fingerprint density at radius 1 is 1.27 bits per heavy atom. The van der Waals surface area contributed by atoms with Crippen molar-refractivity contribution in [2.24, 2.45) is 0 Å². The van der Waals surface area contributed by atoms with Gasteiger partial charge in [-0.3, -0.25) is 0 Å². The second-order valence-electron chi connectivity index (χ2n) is 8.39. The molecule has 5 nitrogen and oxygen atoms in total. The highest BCUT2D eigenvalue weighted by atomic mass is 19.1. The summed E-state index contributed by atoms with van der Waals surface area (Å²) in [6, 6.07) is 4.36. The molecule has 2 aliphatic rings. The Bertz CT molecular complexity index is 671. The van der Waals surface area contributed by atoms with Crippen molar-refractivity contribution < 1.29 is 23.8 Å². The van der Waals surface area contributed by atoms with E-state index in [1.807, 2.05) is 20.8 Å². The van der Waals surface area contributed by atoms with Crippen molar-refractivity contribution >= 4 is 6.09 Å². The number of carbonyl (C=O) groups excluding carboxylic acids is 1. The standard InChI is InChI=1S/C20H28FNO4/c1-19(2,3)26-18(23)22-13-7-5-8-14(22)12-20(24,11-13)15-9-6-10-16(21)17(15)25-4/h6,9-10,13-14,24H,5,7-8,11-12H2,1-4H3. The lowest BCUT2D eigenvalue weighted by Gasteiger charge is -2.52. The Balaban J connectivity index is 1.90. The largest absolute Gasteiger partial charge is 0.493 e. The quantitative estimate of drug-likeness (QED) is 0.861. The molecular formula is C20H28FNO4. The van der Waals surface area contributed by atoms with Gasteiger partial charge in [0.05, 0.1) is 12.7 Å². The van der Waals surface area contributed by atoms with Crippen LogP contribution >= 0.6 is 0 Å². The fourth-order valence-electron chi connectivity index (χ4n) is 4.34. The number of fused-ring (bicyclic) bond motifs is 2. The molecule has 3 rings (SSSR count). The zero-order valence-electron chi connectivity index (χ0n) is 15.9. The Morgan fingerprint density at radius 3 is 2.42 bits per heavy atom. The fraction of sp³-hybridized carbons (Fsp3) is 0.650. The topological polar surface area (TPSA) is 59.0 Å². The van der Waals surface area contributed by atoms with Gasteiger partial charge in [0, 0.05) is 30.5 Å². The summed E-state index contributed by atoms with van der Waals surface area (Å²) in [7, 11) is 1.40. The van der Waals surface area contributed by atoms with Crippen molar-refractivity contribution in [2.75, 3.05) is 7.11 Å². The van der Waals surface area contributed by atoms with Gasteiger partial charge in [-0.15, -0.1) is 0 Å². The molecule has 0 aliphatic carbocycles. The number of amides is 1. The molecule has 1 amide bonds. The van der Waals surface area contributed by atoms with E-state index in [2.05, 4.69) is 0 Å². The zero-order valence-corrected chi connectivity index (χ0v) is 15.9. The van der Waals surface area contributed by atoms with E-state index in [0.717, 1.165) is 19.3 Å². The van der Waals surface area contributed by atoms with E-state index in [9.17, 15) is 14.3 Å². The van der Waals surface area contributed by atoms with Gasteiger partial charge in [0.25, 0.3) is 0 Å². The minimum atomic E-state index is -1.22. The molecule has 26 heavy (non-hydrogen) atoms. The number of benzene rings is 1. The smallest absolute Gasteiger partial charge is 0.410 e. The van der Waals surface area contributed by atoms with Crippen LogP contribution in [0.25, 0.3) is 0 Å². The number of para-hydroxylation sites is 1. The Labute approximate surface area is 154 Å². The lowest BCUT2D eigenvalue weighted by molar-refractivity contribution is -0.0973. The SMILES string of the molecule is COc1c(F)cccc1C1(O)CC2CCCC(C1)N2C(=O)OC(C)(C)C. The maximum Gasteiger partial charge on any atom is 0.410 e. The van der Waals surface area contributed by atoms with Gasteiger partial charge in [0.15, 0.2) is 11.6 Å². The van der Waals surface area contributed by atoms with E-state index < -0.39 is 17.0 Å². The average Bonchev–Trinajstić information content (AvgIpc) is 2.52. The van der Waals surface area contributed by atoms with E-state index in [-0.39, 0.29) is 23.9 Å². The first-order valence-electron chi connectivity index (χ1n) is 9.21. The van der Waals surface area contributed by atoms with Crippen LogP contribution in [0.1, 0.15) is 58.4 Å². The summed E-state index contributed by atoms with van der Waals surface area (Å²) in [6.07, 6.45) is 2.97. The van der Waals surface area contributed by atoms with Crippen LogP contribution in [-0.4, -0.2) is 40.9 Å². The molecule has 6 heteroatoms. The molecule has 0 radical (unpaired) electrons. The van der Waals surface area contributed by atoms with Crippen LogP contribution in [0.2, 0.25) is 0 Å². The van der Waals surface area contributed by atoms with Gasteiger partial charge < -0.3 is 19.5 Å². The molecule has 0 aromatic heterocycles. The van der Waals surface area contributed by atoms with Crippen LogP contribution in [0.15, 0.2) is 18.2 Å². The van der Waals surface area contributed by atoms with E-state index in [4.69, 9.17) is 9.47 Å². The first kappa shape index (κ1) is 19.0. The molecule has 2 saturated heterocycles. The van der Waals surface area contributed by atoms with E-state index in [1.54, 1.807) is 17.0 Å². The Morgan fingerprint density at radius 2 is 1.88 bits per heavy atom. The number of rotatable bonds is 2. The number of methoxy groups -OCH3 is 1. The fourth-order valence-corrected chi connectivity index (χ4v) is 4.34. The van der Waals surface area contributed by atoms with E-state index in [1.165, 1.54) is 13.2 Å². The van der Waals surface area contributed by atoms with Crippen molar-refractivity contribution in [1.82, 2.24) is 4.90 Å². The predicted octanol–water partition coefficient (Wildman–Crippen LogP) is 3.97. The van der Waals surface area contributed by atoms with Crippen molar-refractivity contribution in [3.63, 3.8) is 0 Å². The highest BCUT2D eigenvalue weighted by Gasteiger charge is 2.50. The molecule has 144 valence electrons. The second kappa shape index (κ2) is 6.72. The highest BCUT2D eigenvalue weighted by Crippen LogP contribution is 2.47. The summed E-state index contributed by atoms with van der Waals surface area (Å²) < 4.78 is 24.9. The molecule has 2 atom stereocenters. The predicted molar refractivity (Wildman–Crippen MR) is 95.6 cm³/mol. The first-order chi connectivity index (χ1) is 12.1. The molecule has 2 unspecified atom stereocenters. The van der Waals surface area contributed by atoms with Gasteiger partial charge >= 0.3 is 6.09 Å².